The Morgan fingerprint density at radius 3 is 2.53 bits per heavy atom. The van der Waals surface area contributed by atoms with Crippen LogP contribution in [-0.2, 0) is 14.3 Å². The lowest BCUT2D eigenvalue weighted by Crippen LogP contribution is -2.50. The highest BCUT2D eigenvalue weighted by atomic mass is 32.1. The third-order valence-corrected chi connectivity index (χ3v) is 9.45. The van der Waals surface area contributed by atoms with Gasteiger partial charge in [-0.05, 0) is 71.4 Å². The average molecular weight is 613 g/mol. The number of thiazole rings is 1. The van der Waals surface area contributed by atoms with Gasteiger partial charge in [0.25, 0.3) is 0 Å². The number of likely N-dealkylation sites (N-methyl/N-ethyl adjacent to an activating group) is 1. The molecule has 43 heavy (non-hydrogen) atoms. The monoisotopic (exact) mass is 612 g/mol. The zero-order valence-electron chi connectivity index (χ0n) is 25.8. The van der Waals surface area contributed by atoms with Gasteiger partial charge < -0.3 is 20.1 Å². The van der Waals surface area contributed by atoms with Gasteiger partial charge in [0, 0.05) is 31.9 Å². The van der Waals surface area contributed by atoms with Gasteiger partial charge in [0.1, 0.15) is 22.4 Å². The number of carbonyl (C=O) groups excluding carboxylic acids is 4. The van der Waals surface area contributed by atoms with Crippen molar-refractivity contribution in [3.8, 4) is 5.75 Å². The van der Waals surface area contributed by atoms with Crippen molar-refractivity contribution >= 4 is 35.0 Å². The van der Waals surface area contributed by atoms with Crippen LogP contribution in [0.5, 0.6) is 5.75 Å². The molecule has 10 nitrogen and oxygen atoms in total. The van der Waals surface area contributed by atoms with Gasteiger partial charge in [-0.1, -0.05) is 31.4 Å². The number of ether oxygens (including phenoxy) is 1. The molecule has 0 bridgehead atoms. The van der Waals surface area contributed by atoms with Crippen LogP contribution in [-0.4, -0.2) is 75.4 Å². The van der Waals surface area contributed by atoms with Crippen molar-refractivity contribution in [1.82, 2.24) is 20.1 Å². The number of rotatable bonds is 9. The van der Waals surface area contributed by atoms with Gasteiger partial charge in [-0.15, -0.1) is 11.3 Å². The van der Waals surface area contributed by atoms with E-state index in [4.69, 9.17) is 4.74 Å². The van der Waals surface area contributed by atoms with Crippen LogP contribution in [0.15, 0.2) is 30.5 Å². The van der Waals surface area contributed by atoms with Crippen LogP contribution in [0.2, 0.25) is 0 Å². The number of benzene rings is 1. The van der Waals surface area contributed by atoms with Crippen molar-refractivity contribution in [3.63, 3.8) is 0 Å². The van der Waals surface area contributed by atoms with E-state index >= 15 is 0 Å². The maximum atomic E-state index is 14.2. The van der Waals surface area contributed by atoms with Gasteiger partial charge in [-0.2, -0.15) is 0 Å². The quantitative estimate of drug-likeness (QED) is 0.367. The van der Waals surface area contributed by atoms with Gasteiger partial charge >= 0.3 is 6.09 Å². The third-order valence-electron chi connectivity index (χ3n) is 8.35. The molecule has 0 spiro atoms. The molecule has 1 unspecified atom stereocenters. The lowest BCUT2D eigenvalue weighted by atomic mass is 9.79. The fourth-order valence-corrected chi connectivity index (χ4v) is 6.88. The molecule has 3 amide bonds. The van der Waals surface area contributed by atoms with E-state index in [9.17, 15) is 24.3 Å². The van der Waals surface area contributed by atoms with Crippen LogP contribution in [0.25, 0.3) is 0 Å². The Kier molecular flexibility index (Phi) is 10.5. The Morgan fingerprint density at radius 1 is 1.14 bits per heavy atom. The molecular weight excluding hydrogens is 568 g/mol. The first-order valence-corrected chi connectivity index (χ1v) is 16.0. The number of amides is 3. The molecule has 234 valence electrons. The molecule has 2 aliphatic rings. The molecule has 2 heterocycles. The summed E-state index contributed by atoms with van der Waals surface area (Å²) in [4.78, 5) is 61.0. The first-order chi connectivity index (χ1) is 20.4. The predicted octanol–water partition coefficient (Wildman–Crippen LogP) is 5.31. The van der Waals surface area contributed by atoms with Crippen LogP contribution in [0, 0.1) is 11.8 Å². The highest BCUT2D eigenvalue weighted by molar-refractivity contribution is 7.13. The number of hydrogen-bond donors (Lipinski definition) is 2. The van der Waals surface area contributed by atoms with Crippen molar-refractivity contribution in [2.45, 2.75) is 90.3 Å². The number of nitrogens with one attached hydrogen (secondary N) is 1. The second-order valence-corrected chi connectivity index (χ2v) is 13.7. The number of phenolic OH excluding ortho intramolecular Hbond substituents is 1. The number of likely N-dealkylation sites (tertiary alicyclic amines) is 1. The van der Waals surface area contributed by atoms with Crippen LogP contribution < -0.4 is 5.32 Å². The Balaban J connectivity index is 1.46. The maximum absolute atomic E-state index is 14.2. The lowest BCUT2D eigenvalue weighted by molar-refractivity contribution is -0.139. The second-order valence-electron chi connectivity index (χ2n) is 12.6. The molecule has 1 aromatic carbocycles. The summed E-state index contributed by atoms with van der Waals surface area (Å²) in [6.45, 7) is 7.74. The van der Waals surface area contributed by atoms with Gasteiger partial charge in [-0.25, -0.2) is 9.78 Å². The number of aromatic nitrogens is 1. The summed E-state index contributed by atoms with van der Waals surface area (Å²) < 4.78 is 5.41. The van der Waals surface area contributed by atoms with Crippen LogP contribution in [0.1, 0.15) is 98.9 Å². The average Bonchev–Trinajstić information content (AvgIpc) is 3.66. The van der Waals surface area contributed by atoms with Crippen LogP contribution in [0.4, 0.5) is 4.79 Å². The van der Waals surface area contributed by atoms with Crippen LogP contribution >= 0.6 is 11.3 Å². The number of hydrogen-bond acceptors (Lipinski definition) is 8. The number of nitrogens with zero attached hydrogens (tertiary/aromatic N) is 3. The molecule has 3 atom stereocenters. The largest absolute Gasteiger partial charge is 0.508 e. The SMILES string of the molecule is C[C@@H](C(=O)NCC(C(=O)N1CCC[C@H]1c1ncc(C(=O)c2cccc(O)c2)s1)C1CCCCC1)N(C)C(=O)OC(C)(C)C. The minimum absolute atomic E-state index is 0.00101. The number of aromatic hydroxyl groups is 1. The lowest BCUT2D eigenvalue weighted by Gasteiger charge is -2.35. The van der Waals surface area contributed by atoms with E-state index in [0.717, 1.165) is 44.9 Å². The second kappa shape index (κ2) is 13.9. The first kappa shape index (κ1) is 32.4. The first-order valence-electron chi connectivity index (χ1n) is 15.2. The zero-order chi connectivity index (χ0) is 31.3. The van der Waals surface area contributed by atoms with Crippen molar-refractivity contribution in [2.75, 3.05) is 20.1 Å². The topological polar surface area (TPSA) is 129 Å². The third kappa shape index (κ3) is 8.13. The van der Waals surface area contributed by atoms with Gasteiger partial charge in [-0.3, -0.25) is 19.3 Å². The smallest absolute Gasteiger partial charge is 0.410 e. The van der Waals surface area contributed by atoms with E-state index in [1.807, 2.05) is 4.90 Å². The summed E-state index contributed by atoms with van der Waals surface area (Å²) in [7, 11) is 1.53. The number of carbonyl (C=O) groups is 4. The van der Waals surface area contributed by atoms with E-state index in [1.165, 1.54) is 35.4 Å². The molecule has 0 radical (unpaired) electrons. The summed E-state index contributed by atoms with van der Waals surface area (Å²) in [6.07, 6.45) is 7.65. The Bertz CT molecular complexity index is 1310. The Labute approximate surface area is 257 Å². The predicted molar refractivity (Wildman–Crippen MR) is 164 cm³/mol. The zero-order valence-corrected chi connectivity index (χ0v) is 26.6. The molecule has 2 aromatic rings. The highest BCUT2D eigenvalue weighted by Gasteiger charge is 2.39. The Hall–Kier alpha value is -3.47. The fraction of sp³-hybridized carbons (Fsp3) is 0.594. The van der Waals surface area contributed by atoms with E-state index in [2.05, 4.69) is 10.3 Å². The van der Waals surface area contributed by atoms with Crippen molar-refractivity contribution < 1.29 is 29.0 Å². The number of phenols is 1. The minimum atomic E-state index is -0.769. The summed E-state index contributed by atoms with van der Waals surface area (Å²) in [5.41, 5.74) is -0.295. The van der Waals surface area contributed by atoms with Crippen molar-refractivity contribution in [2.24, 2.45) is 11.8 Å². The van der Waals surface area contributed by atoms with E-state index in [0.29, 0.717) is 22.0 Å². The molecule has 1 aliphatic carbocycles. The fourth-order valence-electron chi connectivity index (χ4n) is 5.85. The van der Waals surface area contributed by atoms with Crippen molar-refractivity contribution in [3.05, 3.63) is 45.9 Å². The van der Waals surface area contributed by atoms with Gasteiger partial charge in [0.15, 0.2) is 0 Å². The Morgan fingerprint density at radius 2 is 1.86 bits per heavy atom. The van der Waals surface area contributed by atoms with Gasteiger partial charge in [0.05, 0.1) is 16.8 Å². The molecule has 2 N–H and O–H groups in total. The molecule has 11 heteroatoms. The van der Waals surface area contributed by atoms with E-state index in [-0.39, 0.29) is 41.9 Å². The molecule has 1 aromatic heterocycles. The summed E-state index contributed by atoms with van der Waals surface area (Å²) in [5.74, 6) is -0.773. The standard InChI is InChI=1S/C32H44N4O6S/c1-20(35(5)31(41)42-32(2,3)4)28(39)33-18-24(21-11-7-6-8-12-21)30(40)36-16-10-15-25(36)29-34-19-26(43-29)27(38)22-13-9-14-23(37)17-22/h9,13-14,17,19-21,24-25,37H,6-8,10-12,15-16,18H2,1-5H3,(H,33,39)/t20-,24?,25-/m0/s1. The molecule has 1 saturated heterocycles. The molecule has 4 rings (SSSR count). The number of ketones is 1. The minimum Gasteiger partial charge on any atom is -0.508 e. The summed E-state index contributed by atoms with van der Waals surface area (Å²) >= 11 is 1.28. The van der Waals surface area contributed by atoms with Crippen molar-refractivity contribution in [1.29, 1.82) is 0 Å². The van der Waals surface area contributed by atoms with Gasteiger partial charge in [0.2, 0.25) is 17.6 Å². The van der Waals surface area contributed by atoms with E-state index in [1.54, 1.807) is 46.0 Å². The molecule has 1 aliphatic heterocycles. The molecule has 2 fully saturated rings. The van der Waals surface area contributed by atoms with Crippen LogP contribution in [0.3, 0.4) is 0 Å². The highest BCUT2D eigenvalue weighted by Crippen LogP contribution is 2.38. The normalized spacial score (nSPS) is 19.0. The van der Waals surface area contributed by atoms with E-state index < -0.39 is 23.7 Å². The molecular formula is C32H44N4O6S. The molecule has 1 saturated carbocycles. The summed E-state index contributed by atoms with van der Waals surface area (Å²) in [5, 5.41) is 13.5. The summed E-state index contributed by atoms with van der Waals surface area (Å²) in [6, 6.07) is 5.23. The maximum Gasteiger partial charge on any atom is 0.410 e.